The molecule has 0 bridgehead atoms. The van der Waals surface area contributed by atoms with Crippen LogP contribution < -0.4 is 0 Å². The normalized spacial score (nSPS) is 16.2. The van der Waals surface area contributed by atoms with Gasteiger partial charge >= 0.3 is 6.03 Å². The predicted octanol–water partition coefficient (Wildman–Crippen LogP) is 1.44. The molecule has 1 fully saturated rings. The number of carbonyl (C=O) groups is 1. The Morgan fingerprint density at radius 2 is 1.95 bits per heavy atom. The smallest absolute Gasteiger partial charge is 0.319 e. The molecule has 0 spiro atoms. The van der Waals surface area contributed by atoms with Gasteiger partial charge < -0.3 is 14.2 Å². The van der Waals surface area contributed by atoms with Crippen molar-refractivity contribution in [3.63, 3.8) is 0 Å². The molecule has 2 aromatic rings. The topological polar surface area (TPSA) is 44.1 Å². The number of piperazine rings is 1. The fourth-order valence-electron chi connectivity index (χ4n) is 2.88. The fraction of sp³-hybridized carbons (Fsp3) is 0.500. The van der Waals surface area contributed by atoms with E-state index in [0.717, 1.165) is 44.1 Å². The third kappa shape index (κ3) is 2.92. The minimum Gasteiger partial charge on any atom is -0.331 e. The van der Waals surface area contributed by atoms with Crippen molar-refractivity contribution in [2.75, 3.05) is 40.3 Å². The van der Waals surface area contributed by atoms with Crippen LogP contribution in [0.2, 0.25) is 0 Å². The first-order valence-electron chi connectivity index (χ1n) is 7.67. The summed E-state index contributed by atoms with van der Waals surface area (Å²) in [5.41, 5.74) is 3.27. The Balaban J connectivity index is 1.62. The number of carbonyl (C=O) groups excluding carboxylic acids is 1. The van der Waals surface area contributed by atoms with E-state index in [1.807, 2.05) is 17.0 Å². The number of amides is 2. The van der Waals surface area contributed by atoms with Gasteiger partial charge in [0.05, 0.1) is 5.69 Å². The number of aromatic nitrogens is 2. The van der Waals surface area contributed by atoms with E-state index in [-0.39, 0.29) is 6.03 Å². The quantitative estimate of drug-likeness (QED) is 0.843. The standard InChI is InChI=1S/C16H23N5O/c1-13-5-4-6-15-17-14(12-21(13)15)11-19-7-9-20(10-8-19)16(22)18(2)3/h4-6,12H,7-11H2,1-3H3. The van der Waals surface area contributed by atoms with Gasteiger partial charge in [-0.05, 0) is 19.1 Å². The highest BCUT2D eigenvalue weighted by Gasteiger charge is 2.22. The van der Waals surface area contributed by atoms with E-state index in [1.165, 1.54) is 5.69 Å². The minimum absolute atomic E-state index is 0.100. The van der Waals surface area contributed by atoms with Crippen molar-refractivity contribution in [3.8, 4) is 0 Å². The van der Waals surface area contributed by atoms with Crippen molar-refractivity contribution < 1.29 is 4.79 Å². The van der Waals surface area contributed by atoms with E-state index in [1.54, 1.807) is 19.0 Å². The molecule has 6 nitrogen and oxygen atoms in total. The zero-order valence-electron chi connectivity index (χ0n) is 13.5. The maximum absolute atomic E-state index is 11.9. The van der Waals surface area contributed by atoms with Crippen molar-refractivity contribution in [2.45, 2.75) is 13.5 Å². The number of urea groups is 1. The van der Waals surface area contributed by atoms with Gasteiger partial charge in [0.25, 0.3) is 0 Å². The van der Waals surface area contributed by atoms with Crippen molar-refractivity contribution in [1.82, 2.24) is 24.1 Å². The molecule has 0 unspecified atom stereocenters. The summed E-state index contributed by atoms with van der Waals surface area (Å²) in [6.07, 6.45) is 2.11. The number of hydrogen-bond acceptors (Lipinski definition) is 3. The lowest BCUT2D eigenvalue weighted by molar-refractivity contribution is 0.119. The van der Waals surface area contributed by atoms with E-state index in [0.29, 0.717) is 0 Å². The van der Waals surface area contributed by atoms with Gasteiger partial charge in [0.15, 0.2) is 0 Å². The molecule has 0 saturated carbocycles. The van der Waals surface area contributed by atoms with Crippen molar-refractivity contribution >= 4 is 11.7 Å². The molecule has 0 atom stereocenters. The Hall–Kier alpha value is -2.08. The number of rotatable bonds is 2. The second-order valence-electron chi connectivity index (χ2n) is 6.07. The molecule has 1 aliphatic rings. The summed E-state index contributed by atoms with van der Waals surface area (Å²) < 4.78 is 2.13. The van der Waals surface area contributed by atoms with Gasteiger partial charge in [0.2, 0.25) is 0 Å². The summed E-state index contributed by atoms with van der Waals surface area (Å²) in [5.74, 6) is 0. The van der Waals surface area contributed by atoms with Gasteiger partial charge in [-0.25, -0.2) is 9.78 Å². The molecule has 1 saturated heterocycles. The summed E-state index contributed by atoms with van der Waals surface area (Å²) in [5, 5.41) is 0. The molecule has 1 aliphatic heterocycles. The van der Waals surface area contributed by atoms with E-state index < -0.39 is 0 Å². The van der Waals surface area contributed by atoms with Gasteiger partial charge in [0.1, 0.15) is 5.65 Å². The van der Waals surface area contributed by atoms with Gasteiger partial charge in [-0.15, -0.1) is 0 Å². The van der Waals surface area contributed by atoms with Crippen molar-refractivity contribution in [3.05, 3.63) is 35.8 Å². The second kappa shape index (κ2) is 5.96. The molecule has 0 aliphatic carbocycles. The average Bonchev–Trinajstić information content (AvgIpc) is 2.91. The highest BCUT2D eigenvalue weighted by molar-refractivity contribution is 5.73. The summed E-state index contributed by atoms with van der Waals surface area (Å²) >= 11 is 0. The summed E-state index contributed by atoms with van der Waals surface area (Å²) in [6.45, 7) is 6.28. The molecule has 118 valence electrons. The van der Waals surface area contributed by atoms with Crippen LogP contribution in [-0.4, -0.2) is 70.4 Å². The van der Waals surface area contributed by atoms with Gasteiger partial charge in [-0.2, -0.15) is 0 Å². The number of imidazole rings is 1. The fourth-order valence-corrected chi connectivity index (χ4v) is 2.88. The molecule has 0 aromatic carbocycles. The highest BCUT2D eigenvalue weighted by Crippen LogP contribution is 2.12. The molecule has 2 aromatic heterocycles. The van der Waals surface area contributed by atoms with Crippen LogP contribution in [0.25, 0.3) is 5.65 Å². The lowest BCUT2D eigenvalue weighted by Gasteiger charge is -2.35. The lowest BCUT2D eigenvalue weighted by Crippen LogP contribution is -2.51. The first-order valence-corrected chi connectivity index (χ1v) is 7.67. The SMILES string of the molecule is Cc1cccc2nc(CN3CCN(C(=O)N(C)C)CC3)cn12. The first-order chi connectivity index (χ1) is 10.5. The molecule has 0 radical (unpaired) electrons. The van der Waals surface area contributed by atoms with Crippen LogP contribution >= 0.6 is 0 Å². The monoisotopic (exact) mass is 301 g/mol. The number of hydrogen-bond donors (Lipinski definition) is 0. The molecule has 3 heterocycles. The third-order valence-electron chi connectivity index (χ3n) is 4.16. The maximum atomic E-state index is 11.9. The Morgan fingerprint density at radius 1 is 1.23 bits per heavy atom. The number of fused-ring (bicyclic) bond motifs is 1. The molecule has 22 heavy (non-hydrogen) atoms. The van der Waals surface area contributed by atoms with E-state index in [9.17, 15) is 4.79 Å². The molecule has 6 heteroatoms. The van der Waals surface area contributed by atoms with E-state index in [2.05, 4.69) is 33.5 Å². The average molecular weight is 301 g/mol. The number of aryl methyl sites for hydroxylation is 1. The number of nitrogens with zero attached hydrogens (tertiary/aromatic N) is 5. The van der Waals surface area contributed by atoms with Crippen LogP contribution in [-0.2, 0) is 6.54 Å². The zero-order chi connectivity index (χ0) is 15.7. The van der Waals surface area contributed by atoms with Gasteiger partial charge in [-0.1, -0.05) is 6.07 Å². The van der Waals surface area contributed by atoms with Crippen LogP contribution in [0, 0.1) is 6.92 Å². The first kappa shape index (κ1) is 14.8. The minimum atomic E-state index is 0.100. The predicted molar refractivity (Wildman–Crippen MR) is 85.9 cm³/mol. The van der Waals surface area contributed by atoms with Gasteiger partial charge in [0, 0.05) is 58.7 Å². The lowest BCUT2D eigenvalue weighted by atomic mass is 10.3. The van der Waals surface area contributed by atoms with Crippen molar-refractivity contribution in [1.29, 1.82) is 0 Å². The van der Waals surface area contributed by atoms with Crippen LogP contribution in [0.4, 0.5) is 4.79 Å². The second-order valence-corrected chi connectivity index (χ2v) is 6.07. The number of pyridine rings is 1. The summed E-state index contributed by atoms with van der Waals surface area (Å²) in [7, 11) is 3.60. The molecule has 2 amide bonds. The Bertz CT molecular complexity index is 670. The van der Waals surface area contributed by atoms with E-state index in [4.69, 9.17) is 0 Å². The molecular weight excluding hydrogens is 278 g/mol. The largest absolute Gasteiger partial charge is 0.331 e. The maximum Gasteiger partial charge on any atom is 0.319 e. The van der Waals surface area contributed by atoms with E-state index >= 15 is 0 Å². The summed E-state index contributed by atoms with van der Waals surface area (Å²) in [4.78, 5) is 22.5. The van der Waals surface area contributed by atoms with Crippen molar-refractivity contribution in [2.24, 2.45) is 0 Å². The van der Waals surface area contributed by atoms with Crippen LogP contribution in [0.5, 0.6) is 0 Å². The Kier molecular flexibility index (Phi) is 4.02. The zero-order valence-corrected chi connectivity index (χ0v) is 13.5. The Morgan fingerprint density at radius 3 is 2.59 bits per heavy atom. The molecule has 3 rings (SSSR count). The van der Waals surface area contributed by atoms with Crippen LogP contribution in [0.3, 0.4) is 0 Å². The van der Waals surface area contributed by atoms with Crippen LogP contribution in [0.15, 0.2) is 24.4 Å². The Labute approximate surface area is 130 Å². The van der Waals surface area contributed by atoms with Gasteiger partial charge in [-0.3, -0.25) is 4.90 Å². The van der Waals surface area contributed by atoms with Crippen LogP contribution in [0.1, 0.15) is 11.4 Å². The third-order valence-corrected chi connectivity index (χ3v) is 4.16. The summed E-state index contributed by atoms with van der Waals surface area (Å²) in [6, 6.07) is 6.25. The highest BCUT2D eigenvalue weighted by atomic mass is 16.2. The molecular formula is C16H23N5O. The molecule has 0 N–H and O–H groups in total.